The Balaban J connectivity index is 1.87. The van der Waals surface area contributed by atoms with Crippen LogP contribution in [0.25, 0.3) is 0 Å². The summed E-state index contributed by atoms with van der Waals surface area (Å²) in [4.78, 5) is 5.67. The molecule has 1 aromatic heterocycles. The van der Waals surface area contributed by atoms with Crippen LogP contribution in [-0.2, 0) is 9.31 Å². The van der Waals surface area contributed by atoms with Gasteiger partial charge in [-0.2, -0.15) is 0 Å². The number of thioether (sulfide) groups is 1. The highest BCUT2D eigenvalue weighted by Gasteiger charge is 2.52. The van der Waals surface area contributed by atoms with Crippen molar-refractivity contribution < 1.29 is 14.0 Å². The van der Waals surface area contributed by atoms with Crippen molar-refractivity contribution in [2.24, 2.45) is 0 Å². The second kappa shape index (κ2) is 6.89. The van der Waals surface area contributed by atoms with E-state index in [9.17, 15) is 0 Å². The van der Waals surface area contributed by atoms with E-state index >= 15 is 0 Å². The summed E-state index contributed by atoms with van der Waals surface area (Å²) in [6.45, 7) is 8.28. The molecule has 2 fully saturated rings. The van der Waals surface area contributed by atoms with Gasteiger partial charge < -0.3 is 14.0 Å². The third-order valence-electron chi connectivity index (χ3n) is 5.43. The smallest absolute Gasteiger partial charge is 0.475 e. The molecule has 0 aromatic carbocycles. The third kappa shape index (κ3) is 3.61. The molecule has 0 radical (unpaired) electrons. The minimum atomic E-state index is -0.437. The Morgan fingerprint density at radius 1 is 1.12 bits per heavy atom. The van der Waals surface area contributed by atoms with E-state index in [1.807, 2.05) is 12.5 Å². The molecule has 0 unspecified atom stereocenters. The lowest BCUT2D eigenvalue weighted by atomic mass is 9.79. The van der Waals surface area contributed by atoms with Gasteiger partial charge in [0.15, 0.2) is 0 Å². The summed E-state index contributed by atoms with van der Waals surface area (Å²) in [6, 6.07) is 2.10. The maximum Gasteiger partial charge on any atom is 0.500 e. The lowest BCUT2D eigenvalue weighted by molar-refractivity contribution is 0.00578. The van der Waals surface area contributed by atoms with Gasteiger partial charge >= 0.3 is 7.12 Å². The lowest BCUT2D eigenvalue weighted by Crippen LogP contribution is -2.41. The molecule has 0 N–H and O–H groups in total. The molecule has 0 spiro atoms. The molecule has 24 heavy (non-hydrogen) atoms. The van der Waals surface area contributed by atoms with Crippen molar-refractivity contribution in [3.05, 3.63) is 12.3 Å². The van der Waals surface area contributed by atoms with Gasteiger partial charge in [0.05, 0.1) is 11.2 Å². The van der Waals surface area contributed by atoms with Gasteiger partial charge in [0, 0.05) is 16.6 Å². The van der Waals surface area contributed by atoms with E-state index in [-0.39, 0.29) is 17.3 Å². The number of pyridine rings is 1. The zero-order valence-corrected chi connectivity index (χ0v) is 16.2. The molecular weight excluding hydrogens is 321 g/mol. The Bertz CT molecular complexity index is 572. The summed E-state index contributed by atoms with van der Waals surface area (Å²) in [6.07, 6.45) is 10.2. The number of ether oxygens (including phenoxy) is 1. The number of rotatable bonds is 4. The maximum atomic E-state index is 6.25. The van der Waals surface area contributed by atoms with Gasteiger partial charge in [0.25, 0.3) is 0 Å². The normalized spacial score (nSPS) is 23.5. The van der Waals surface area contributed by atoms with Crippen LogP contribution in [0, 0.1) is 0 Å². The van der Waals surface area contributed by atoms with Crippen molar-refractivity contribution in [1.82, 2.24) is 4.98 Å². The molecule has 1 aliphatic carbocycles. The predicted molar refractivity (Wildman–Crippen MR) is 99.2 cm³/mol. The van der Waals surface area contributed by atoms with Crippen molar-refractivity contribution in [2.45, 2.75) is 82.0 Å². The van der Waals surface area contributed by atoms with Crippen LogP contribution in [0.15, 0.2) is 17.2 Å². The second-order valence-electron chi connectivity index (χ2n) is 7.74. The summed E-state index contributed by atoms with van der Waals surface area (Å²) in [5, 5.41) is 0. The summed E-state index contributed by atoms with van der Waals surface area (Å²) in [5.74, 6) is 0.665. The van der Waals surface area contributed by atoms with Crippen LogP contribution >= 0.6 is 11.8 Å². The highest BCUT2D eigenvalue weighted by atomic mass is 32.2. The molecule has 1 saturated carbocycles. The highest BCUT2D eigenvalue weighted by molar-refractivity contribution is 7.98. The zero-order valence-electron chi connectivity index (χ0n) is 15.4. The molecule has 0 amide bonds. The van der Waals surface area contributed by atoms with Crippen molar-refractivity contribution in [2.75, 3.05) is 6.26 Å². The van der Waals surface area contributed by atoms with Crippen LogP contribution in [0.1, 0.15) is 59.8 Å². The molecular formula is C18H28BNO3S. The molecule has 4 nitrogen and oxygen atoms in total. The van der Waals surface area contributed by atoms with Gasteiger partial charge in [-0.3, -0.25) is 0 Å². The second-order valence-corrected chi connectivity index (χ2v) is 8.62. The van der Waals surface area contributed by atoms with E-state index in [2.05, 4.69) is 38.7 Å². The van der Waals surface area contributed by atoms with E-state index in [0.717, 1.165) is 23.2 Å². The summed E-state index contributed by atoms with van der Waals surface area (Å²) >= 11 is 1.67. The SMILES string of the molecule is CSc1cnc(OC2CCCCC2)c(B2OC(C)(C)C(C)(C)O2)c1. The standard InChI is InChI=1S/C18H28BNO3S/c1-17(2)18(3,4)23-19(22-17)15-11-14(24-5)12-20-16(15)21-13-9-7-6-8-10-13/h11-13H,6-10H2,1-5H3. The van der Waals surface area contributed by atoms with Crippen LogP contribution in [0.2, 0.25) is 0 Å². The molecule has 1 aliphatic heterocycles. The topological polar surface area (TPSA) is 40.6 Å². The number of hydrogen-bond acceptors (Lipinski definition) is 5. The first-order chi connectivity index (χ1) is 11.3. The number of hydrogen-bond donors (Lipinski definition) is 0. The fourth-order valence-electron chi connectivity index (χ4n) is 3.14. The summed E-state index contributed by atoms with van der Waals surface area (Å²) < 4.78 is 18.7. The van der Waals surface area contributed by atoms with Gasteiger partial charge in [-0.25, -0.2) is 4.98 Å². The summed E-state index contributed by atoms with van der Waals surface area (Å²) in [5.41, 5.74) is 0.177. The third-order valence-corrected chi connectivity index (χ3v) is 6.12. The first-order valence-electron chi connectivity index (χ1n) is 8.88. The first kappa shape index (κ1) is 18.1. The lowest BCUT2D eigenvalue weighted by Gasteiger charge is -2.32. The minimum absolute atomic E-state index is 0.257. The molecule has 0 bridgehead atoms. The largest absolute Gasteiger partial charge is 0.500 e. The van der Waals surface area contributed by atoms with Crippen LogP contribution < -0.4 is 10.2 Å². The van der Waals surface area contributed by atoms with Crippen molar-refractivity contribution in [3.63, 3.8) is 0 Å². The Morgan fingerprint density at radius 3 is 2.33 bits per heavy atom. The van der Waals surface area contributed by atoms with E-state index in [1.54, 1.807) is 11.8 Å². The predicted octanol–water partition coefficient (Wildman–Crippen LogP) is 3.81. The highest BCUT2D eigenvalue weighted by Crippen LogP contribution is 2.37. The summed E-state index contributed by atoms with van der Waals surface area (Å²) in [7, 11) is -0.437. The molecule has 2 heterocycles. The van der Waals surface area contributed by atoms with Gasteiger partial charge in [0.1, 0.15) is 6.10 Å². The Hall–Kier alpha value is -0.715. The van der Waals surface area contributed by atoms with Gasteiger partial charge in [-0.05, 0) is 65.7 Å². The van der Waals surface area contributed by atoms with Crippen LogP contribution in [0.4, 0.5) is 0 Å². The van der Waals surface area contributed by atoms with Gasteiger partial charge in [-0.1, -0.05) is 6.42 Å². The molecule has 2 aliphatic rings. The van der Waals surface area contributed by atoms with E-state index in [0.29, 0.717) is 5.88 Å². The molecule has 1 saturated heterocycles. The fourth-order valence-corrected chi connectivity index (χ4v) is 3.54. The van der Waals surface area contributed by atoms with Gasteiger partial charge in [0.2, 0.25) is 5.88 Å². The Morgan fingerprint density at radius 2 is 1.75 bits per heavy atom. The van der Waals surface area contributed by atoms with E-state index in [1.165, 1.54) is 19.3 Å². The van der Waals surface area contributed by atoms with Crippen LogP contribution in [-0.4, -0.2) is 35.7 Å². The minimum Gasteiger partial charge on any atom is -0.475 e. The Kier molecular flexibility index (Phi) is 5.19. The van der Waals surface area contributed by atoms with E-state index in [4.69, 9.17) is 14.0 Å². The zero-order chi connectivity index (χ0) is 17.4. The van der Waals surface area contributed by atoms with Gasteiger partial charge in [-0.15, -0.1) is 11.8 Å². The molecule has 1 aromatic rings. The van der Waals surface area contributed by atoms with Crippen molar-refractivity contribution in [1.29, 1.82) is 0 Å². The van der Waals surface area contributed by atoms with Crippen LogP contribution in [0.3, 0.4) is 0 Å². The van der Waals surface area contributed by atoms with Crippen molar-refractivity contribution in [3.8, 4) is 5.88 Å². The average molecular weight is 349 g/mol. The molecule has 0 atom stereocenters. The average Bonchev–Trinajstić information content (AvgIpc) is 2.76. The molecule has 6 heteroatoms. The number of nitrogens with zero attached hydrogens (tertiary/aromatic N) is 1. The quantitative estimate of drug-likeness (QED) is 0.611. The fraction of sp³-hybridized carbons (Fsp3) is 0.722. The number of aromatic nitrogens is 1. The van der Waals surface area contributed by atoms with Crippen molar-refractivity contribution >= 4 is 24.3 Å². The first-order valence-corrected chi connectivity index (χ1v) is 10.1. The molecule has 132 valence electrons. The monoisotopic (exact) mass is 349 g/mol. The van der Waals surface area contributed by atoms with E-state index < -0.39 is 7.12 Å². The maximum absolute atomic E-state index is 6.25. The van der Waals surface area contributed by atoms with Crippen LogP contribution in [0.5, 0.6) is 5.88 Å². The molecule has 3 rings (SSSR count). The Labute approximate surface area is 150 Å².